The van der Waals surface area contributed by atoms with E-state index in [9.17, 15) is 8.78 Å². The van der Waals surface area contributed by atoms with Crippen molar-refractivity contribution in [2.75, 3.05) is 11.1 Å². The third kappa shape index (κ3) is 2.33. The predicted molar refractivity (Wildman–Crippen MR) is 63.0 cm³/mol. The molecule has 3 N–H and O–H groups in total. The fourth-order valence-corrected chi connectivity index (χ4v) is 1.37. The van der Waals surface area contributed by atoms with E-state index in [-0.39, 0.29) is 5.69 Å². The molecule has 1 aromatic carbocycles. The van der Waals surface area contributed by atoms with Crippen LogP contribution in [0.15, 0.2) is 30.5 Å². The minimum atomic E-state index is -0.927. The van der Waals surface area contributed by atoms with Crippen molar-refractivity contribution in [2.45, 2.75) is 6.92 Å². The molecule has 0 saturated heterocycles. The van der Waals surface area contributed by atoms with Crippen molar-refractivity contribution in [1.29, 1.82) is 0 Å². The Balaban J connectivity index is 2.31. The number of nitrogens with zero attached hydrogens (tertiary/aromatic N) is 1. The number of aryl methyl sites for hydroxylation is 1. The molecule has 0 saturated carbocycles. The summed E-state index contributed by atoms with van der Waals surface area (Å²) in [6.07, 6.45) is 1.47. The summed E-state index contributed by atoms with van der Waals surface area (Å²) in [4.78, 5) is 3.98. The van der Waals surface area contributed by atoms with Gasteiger partial charge in [0.25, 0.3) is 0 Å². The van der Waals surface area contributed by atoms with Crippen LogP contribution >= 0.6 is 0 Å². The van der Waals surface area contributed by atoms with Gasteiger partial charge in [-0.25, -0.2) is 13.8 Å². The third-order valence-electron chi connectivity index (χ3n) is 2.37. The number of nitrogens with one attached hydrogen (secondary N) is 1. The van der Waals surface area contributed by atoms with Crippen LogP contribution in [0.25, 0.3) is 0 Å². The molecule has 88 valence electrons. The summed E-state index contributed by atoms with van der Waals surface area (Å²) in [6.45, 7) is 1.81. The number of nitrogen functional groups attached to an aromatic ring is 1. The smallest absolute Gasteiger partial charge is 0.182 e. The first-order valence-corrected chi connectivity index (χ1v) is 5.01. The van der Waals surface area contributed by atoms with Gasteiger partial charge in [-0.1, -0.05) is 6.07 Å². The van der Waals surface area contributed by atoms with Crippen molar-refractivity contribution < 1.29 is 8.78 Å². The molecule has 0 bridgehead atoms. The average Bonchev–Trinajstić information content (AvgIpc) is 2.30. The van der Waals surface area contributed by atoms with E-state index in [2.05, 4.69) is 10.3 Å². The molecule has 0 aliphatic carbocycles. The SMILES string of the molecule is Cc1cc(Nc2cccc(F)c2F)ncc1N. The first kappa shape index (κ1) is 11.3. The summed E-state index contributed by atoms with van der Waals surface area (Å²) in [5.41, 5.74) is 7.02. The normalized spacial score (nSPS) is 10.3. The average molecular weight is 235 g/mol. The van der Waals surface area contributed by atoms with Crippen LogP contribution in [0.4, 0.5) is 26.0 Å². The second-order valence-electron chi connectivity index (χ2n) is 3.65. The van der Waals surface area contributed by atoms with Gasteiger partial charge >= 0.3 is 0 Å². The second kappa shape index (κ2) is 4.37. The van der Waals surface area contributed by atoms with E-state index >= 15 is 0 Å². The summed E-state index contributed by atoms with van der Waals surface area (Å²) in [6, 6.07) is 5.58. The van der Waals surface area contributed by atoms with Crippen molar-refractivity contribution in [1.82, 2.24) is 4.98 Å². The molecule has 0 aliphatic heterocycles. The van der Waals surface area contributed by atoms with Crippen molar-refractivity contribution in [2.24, 2.45) is 0 Å². The summed E-state index contributed by atoms with van der Waals surface area (Å²) in [7, 11) is 0. The zero-order chi connectivity index (χ0) is 12.4. The maximum Gasteiger partial charge on any atom is 0.182 e. The highest BCUT2D eigenvalue weighted by Crippen LogP contribution is 2.22. The first-order valence-electron chi connectivity index (χ1n) is 5.01. The largest absolute Gasteiger partial charge is 0.397 e. The van der Waals surface area contributed by atoms with Crippen LogP contribution in [0.2, 0.25) is 0 Å². The Morgan fingerprint density at radius 1 is 1.29 bits per heavy atom. The van der Waals surface area contributed by atoms with Crippen molar-refractivity contribution in [3.63, 3.8) is 0 Å². The number of nitrogens with two attached hydrogens (primary N) is 1. The van der Waals surface area contributed by atoms with Crippen molar-refractivity contribution >= 4 is 17.2 Å². The molecule has 1 heterocycles. The Morgan fingerprint density at radius 3 is 2.76 bits per heavy atom. The maximum atomic E-state index is 13.4. The van der Waals surface area contributed by atoms with E-state index < -0.39 is 11.6 Å². The van der Waals surface area contributed by atoms with Gasteiger partial charge in [0.2, 0.25) is 0 Å². The van der Waals surface area contributed by atoms with Gasteiger partial charge in [-0.05, 0) is 30.7 Å². The number of hydrogen-bond donors (Lipinski definition) is 2. The summed E-state index contributed by atoms with van der Waals surface area (Å²) >= 11 is 0. The number of pyridine rings is 1. The molecule has 0 spiro atoms. The highest BCUT2D eigenvalue weighted by atomic mass is 19.2. The number of anilines is 3. The molecular weight excluding hydrogens is 224 g/mol. The summed E-state index contributed by atoms with van der Waals surface area (Å²) in [5.74, 6) is -1.41. The van der Waals surface area contributed by atoms with Crippen LogP contribution in [-0.2, 0) is 0 Å². The van der Waals surface area contributed by atoms with E-state index in [0.29, 0.717) is 11.5 Å². The molecule has 0 radical (unpaired) electrons. The highest BCUT2D eigenvalue weighted by molar-refractivity contribution is 5.60. The van der Waals surface area contributed by atoms with Crippen molar-refractivity contribution in [3.05, 3.63) is 47.7 Å². The van der Waals surface area contributed by atoms with Gasteiger partial charge in [0.05, 0.1) is 17.6 Å². The van der Waals surface area contributed by atoms with Gasteiger partial charge < -0.3 is 11.1 Å². The molecule has 2 aromatic rings. The molecule has 5 heteroatoms. The van der Waals surface area contributed by atoms with E-state index in [1.165, 1.54) is 18.3 Å². The molecule has 0 aliphatic rings. The second-order valence-corrected chi connectivity index (χ2v) is 3.65. The Kier molecular flexibility index (Phi) is 2.91. The van der Waals surface area contributed by atoms with Gasteiger partial charge in [-0.15, -0.1) is 0 Å². The molecule has 0 unspecified atom stereocenters. The molecular formula is C12H11F2N3. The van der Waals surface area contributed by atoms with Gasteiger partial charge in [-0.2, -0.15) is 0 Å². The fourth-order valence-electron chi connectivity index (χ4n) is 1.37. The number of benzene rings is 1. The van der Waals surface area contributed by atoms with Crippen molar-refractivity contribution in [3.8, 4) is 0 Å². The third-order valence-corrected chi connectivity index (χ3v) is 2.37. The van der Waals surface area contributed by atoms with Crippen LogP contribution in [0.5, 0.6) is 0 Å². The lowest BCUT2D eigenvalue weighted by Crippen LogP contribution is -2.00. The zero-order valence-corrected chi connectivity index (χ0v) is 9.17. The monoisotopic (exact) mass is 235 g/mol. The lowest BCUT2D eigenvalue weighted by molar-refractivity contribution is 0.511. The van der Waals surface area contributed by atoms with E-state index in [1.807, 2.05) is 6.92 Å². The minimum absolute atomic E-state index is 0.0432. The minimum Gasteiger partial charge on any atom is -0.397 e. The molecule has 1 aromatic heterocycles. The maximum absolute atomic E-state index is 13.4. The Labute approximate surface area is 97.3 Å². The van der Waals surface area contributed by atoms with E-state index in [1.54, 1.807) is 6.07 Å². The van der Waals surface area contributed by atoms with Crippen LogP contribution in [0.1, 0.15) is 5.56 Å². The molecule has 0 fully saturated rings. The lowest BCUT2D eigenvalue weighted by atomic mass is 10.2. The standard InChI is InChI=1S/C12H11F2N3/c1-7-5-11(16-6-9(7)15)17-10-4-2-3-8(13)12(10)14/h2-6H,15H2,1H3,(H,16,17). The molecule has 17 heavy (non-hydrogen) atoms. The highest BCUT2D eigenvalue weighted by Gasteiger charge is 2.08. The van der Waals surface area contributed by atoms with Gasteiger partial charge in [0.15, 0.2) is 11.6 Å². The van der Waals surface area contributed by atoms with E-state index in [4.69, 9.17) is 5.73 Å². The van der Waals surface area contributed by atoms with Gasteiger partial charge in [0.1, 0.15) is 5.82 Å². The van der Waals surface area contributed by atoms with Crippen LogP contribution in [0.3, 0.4) is 0 Å². The Morgan fingerprint density at radius 2 is 2.06 bits per heavy atom. The summed E-state index contributed by atoms with van der Waals surface area (Å²) in [5, 5.41) is 2.70. The van der Waals surface area contributed by atoms with Crippen LogP contribution < -0.4 is 11.1 Å². The number of halogens is 2. The number of hydrogen-bond acceptors (Lipinski definition) is 3. The van der Waals surface area contributed by atoms with Gasteiger partial charge in [-0.3, -0.25) is 0 Å². The van der Waals surface area contributed by atoms with E-state index in [0.717, 1.165) is 11.6 Å². The quantitative estimate of drug-likeness (QED) is 0.841. The number of aromatic nitrogens is 1. The van der Waals surface area contributed by atoms with Gasteiger partial charge in [0, 0.05) is 0 Å². The predicted octanol–water partition coefficient (Wildman–Crippen LogP) is 2.99. The Hall–Kier alpha value is -2.17. The lowest BCUT2D eigenvalue weighted by Gasteiger charge is -2.08. The summed E-state index contributed by atoms with van der Waals surface area (Å²) < 4.78 is 26.3. The number of rotatable bonds is 2. The zero-order valence-electron chi connectivity index (χ0n) is 9.17. The molecule has 0 amide bonds. The molecule has 2 rings (SSSR count). The van der Waals surface area contributed by atoms with Crippen LogP contribution in [-0.4, -0.2) is 4.98 Å². The Bertz CT molecular complexity index is 555. The molecule has 3 nitrogen and oxygen atoms in total. The van der Waals surface area contributed by atoms with Crippen LogP contribution in [0, 0.1) is 18.6 Å². The fraction of sp³-hybridized carbons (Fsp3) is 0.0833. The molecule has 0 atom stereocenters. The first-order chi connectivity index (χ1) is 8.08. The topological polar surface area (TPSA) is 50.9 Å².